The Balaban J connectivity index is 1.34. The Morgan fingerprint density at radius 3 is 2.87 bits per heavy atom. The maximum atomic E-state index is 12.6. The van der Waals surface area contributed by atoms with Crippen LogP contribution in [0.25, 0.3) is 0 Å². The number of ether oxygens (including phenoxy) is 1. The van der Waals surface area contributed by atoms with Gasteiger partial charge in [-0.15, -0.1) is 11.3 Å². The standard InChI is InChI=1S/C23H20ClN3O2S/c1-16-4-2-7-21(8-16)29-14-18-10-22(30-15-18)23(28)26-20-11-25-27(13-20)12-17-5-3-6-19(24)9-17/h2-11,13,15H,12,14H2,1H3,(H,26,28). The van der Waals surface area contributed by atoms with E-state index in [1.54, 1.807) is 17.1 Å². The molecule has 4 aromatic rings. The van der Waals surface area contributed by atoms with E-state index in [-0.39, 0.29) is 5.91 Å². The maximum absolute atomic E-state index is 12.6. The second-order valence-corrected chi connectivity index (χ2v) is 8.28. The average Bonchev–Trinajstić information content (AvgIpc) is 3.36. The van der Waals surface area contributed by atoms with Crippen molar-refractivity contribution in [3.05, 3.63) is 99.0 Å². The smallest absolute Gasteiger partial charge is 0.265 e. The molecular formula is C23H20ClN3O2S. The Morgan fingerprint density at radius 1 is 1.17 bits per heavy atom. The van der Waals surface area contributed by atoms with Crippen LogP contribution in [0.15, 0.2) is 72.4 Å². The number of carbonyl (C=O) groups is 1. The summed E-state index contributed by atoms with van der Waals surface area (Å²) >= 11 is 7.42. The predicted molar refractivity (Wildman–Crippen MR) is 121 cm³/mol. The molecule has 4 rings (SSSR count). The molecule has 0 fully saturated rings. The van der Waals surface area contributed by atoms with Gasteiger partial charge in [-0.3, -0.25) is 9.48 Å². The minimum Gasteiger partial charge on any atom is -0.489 e. The number of aryl methyl sites for hydroxylation is 1. The number of nitrogens with one attached hydrogen (secondary N) is 1. The molecule has 0 saturated heterocycles. The van der Waals surface area contributed by atoms with Gasteiger partial charge in [-0.05, 0) is 53.8 Å². The Kier molecular flexibility index (Phi) is 6.16. The number of benzene rings is 2. The molecule has 0 bridgehead atoms. The van der Waals surface area contributed by atoms with E-state index in [1.807, 2.05) is 66.9 Å². The zero-order valence-corrected chi connectivity index (χ0v) is 17.9. The van der Waals surface area contributed by atoms with E-state index in [2.05, 4.69) is 10.4 Å². The fraction of sp³-hybridized carbons (Fsp3) is 0.130. The Hall–Kier alpha value is -3.09. The lowest BCUT2D eigenvalue weighted by molar-refractivity contribution is 0.103. The molecule has 5 nitrogen and oxygen atoms in total. The quantitative estimate of drug-likeness (QED) is 0.398. The van der Waals surface area contributed by atoms with Crippen LogP contribution in [-0.2, 0) is 13.2 Å². The van der Waals surface area contributed by atoms with Gasteiger partial charge >= 0.3 is 0 Å². The van der Waals surface area contributed by atoms with Gasteiger partial charge < -0.3 is 10.1 Å². The Morgan fingerprint density at radius 2 is 2.03 bits per heavy atom. The Bertz CT molecular complexity index is 1170. The highest BCUT2D eigenvalue weighted by Gasteiger charge is 2.11. The van der Waals surface area contributed by atoms with Crippen molar-refractivity contribution in [2.75, 3.05) is 5.32 Å². The number of amides is 1. The zero-order chi connectivity index (χ0) is 20.9. The summed E-state index contributed by atoms with van der Waals surface area (Å²) in [6.07, 6.45) is 3.44. The molecule has 0 aliphatic carbocycles. The molecule has 152 valence electrons. The second-order valence-electron chi connectivity index (χ2n) is 6.94. The molecule has 1 N–H and O–H groups in total. The van der Waals surface area contributed by atoms with E-state index in [4.69, 9.17) is 16.3 Å². The van der Waals surface area contributed by atoms with Crippen LogP contribution < -0.4 is 10.1 Å². The van der Waals surface area contributed by atoms with Gasteiger partial charge in [0.1, 0.15) is 12.4 Å². The topological polar surface area (TPSA) is 56.1 Å². The second kappa shape index (κ2) is 9.15. The molecule has 1 amide bonds. The first-order valence-electron chi connectivity index (χ1n) is 9.40. The predicted octanol–water partition coefficient (Wildman–Crippen LogP) is 5.79. The lowest BCUT2D eigenvalue weighted by atomic mass is 10.2. The average molecular weight is 438 g/mol. The number of nitrogens with zero attached hydrogens (tertiary/aromatic N) is 2. The van der Waals surface area contributed by atoms with Crippen LogP contribution in [-0.4, -0.2) is 15.7 Å². The summed E-state index contributed by atoms with van der Waals surface area (Å²) in [6.45, 7) is 3.03. The van der Waals surface area contributed by atoms with Gasteiger partial charge in [-0.25, -0.2) is 0 Å². The molecule has 7 heteroatoms. The molecular weight excluding hydrogens is 418 g/mol. The minimum absolute atomic E-state index is 0.163. The van der Waals surface area contributed by atoms with Gasteiger partial charge in [0.2, 0.25) is 0 Å². The summed E-state index contributed by atoms with van der Waals surface area (Å²) in [5.74, 6) is 0.656. The molecule has 2 aromatic heterocycles. The lowest BCUT2D eigenvalue weighted by Crippen LogP contribution is -2.09. The number of anilines is 1. The van der Waals surface area contributed by atoms with Crippen molar-refractivity contribution >= 4 is 34.5 Å². The Labute approximate surface area is 183 Å². The number of aromatic nitrogens is 2. The summed E-state index contributed by atoms with van der Waals surface area (Å²) in [4.78, 5) is 13.2. The van der Waals surface area contributed by atoms with Crippen LogP contribution in [0.5, 0.6) is 5.75 Å². The maximum Gasteiger partial charge on any atom is 0.265 e. The molecule has 0 saturated carbocycles. The summed E-state index contributed by atoms with van der Waals surface area (Å²) < 4.78 is 7.57. The van der Waals surface area contributed by atoms with Gasteiger partial charge in [0.25, 0.3) is 5.91 Å². The molecule has 0 aliphatic heterocycles. The van der Waals surface area contributed by atoms with E-state index in [0.29, 0.717) is 28.7 Å². The van der Waals surface area contributed by atoms with Crippen molar-refractivity contribution in [3.8, 4) is 5.75 Å². The molecule has 0 unspecified atom stereocenters. The van der Waals surface area contributed by atoms with Gasteiger partial charge in [-0.1, -0.05) is 35.9 Å². The van der Waals surface area contributed by atoms with E-state index >= 15 is 0 Å². The normalized spacial score (nSPS) is 10.7. The van der Waals surface area contributed by atoms with Gasteiger partial charge in [0, 0.05) is 16.8 Å². The molecule has 0 atom stereocenters. The summed E-state index contributed by atoms with van der Waals surface area (Å²) in [5.41, 5.74) is 3.80. The third-order valence-electron chi connectivity index (χ3n) is 4.40. The first-order valence-corrected chi connectivity index (χ1v) is 10.7. The van der Waals surface area contributed by atoms with Crippen molar-refractivity contribution in [3.63, 3.8) is 0 Å². The molecule has 2 aromatic carbocycles. The number of halogens is 1. The summed E-state index contributed by atoms with van der Waals surface area (Å²) in [6, 6.07) is 17.4. The van der Waals surface area contributed by atoms with Crippen LogP contribution in [0.4, 0.5) is 5.69 Å². The van der Waals surface area contributed by atoms with E-state index in [9.17, 15) is 4.79 Å². The zero-order valence-electron chi connectivity index (χ0n) is 16.3. The van der Waals surface area contributed by atoms with E-state index in [1.165, 1.54) is 11.3 Å². The van der Waals surface area contributed by atoms with Crippen LogP contribution >= 0.6 is 22.9 Å². The number of rotatable bonds is 7. The van der Waals surface area contributed by atoms with Crippen LogP contribution in [0.2, 0.25) is 5.02 Å². The fourth-order valence-electron chi connectivity index (χ4n) is 2.97. The largest absolute Gasteiger partial charge is 0.489 e. The number of hydrogen-bond acceptors (Lipinski definition) is 4. The number of carbonyl (C=O) groups excluding carboxylic acids is 1. The van der Waals surface area contributed by atoms with Gasteiger partial charge in [0.05, 0.1) is 23.3 Å². The van der Waals surface area contributed by atoms with Crippen molar-refractivity contribution in [2.45, 2.75) is 20.1 Å². The molecule has 0 spiro atoms. The van der Waals surface area contributed by atoms with Gasteiger partial charge in [-0.2, -0.15) is 5.10 Å². The van der Waals surface area contributed by atoms with E-state index in [0.717, 1.165) is 22.4 Å². The van der Waals surface area contributed by atoms with Crippen LogP contribution in [0.3, 0.4) is 0 Å². The van der Waals surface area contributed by atoms with Crippen molar-refractivity contribution in [2.24, 2.45) is 0 Å². The highest BCUT2D eigenvalue weighted by Crippen LogP contribution is 2.20. The molecule has 0 radical (unpaired) electrons. The van der Waals surface area contributed by atoms with Crippen molar-refractivity contribution < 1.29 is 9.53 Å². The van der Waals surface area contributed by atoms with E-state index < -0.39 is 0 Å². The van der Waals surface area contributed by atoms with Gasteiger partial charge in [0.15, 0.2) is 0 Å². The summed E-state index contributed by atoms with van der Waals surface area (Å²) in [5, 5.41) is 9.82. The SMILES string of the molecule is Cc1cccc(OCc2csc(C(=O)Nc3cnn(Cc4cccc(Cl)c4)c3)c2)c1. The number of hydrogen-bond donors (Lipinski definition) is 1. The fourth-order valence-corrected chi connectivity index (χ4v) is 3.98. The minimum atomic E-state index is -0.163. The number of thiophene rings is 1. The highest BCUT2D eigenvalue weighted by atomic mass is 35.5. The monoisotopic (exact) mass is 437 g/mol. The van der Waals surface area contributed by atoms with Crippen LogP contribution in [0, 0.1) is 6.92 Å². The first-order chi connectivity index (χ1) is 14.5. The summed E-state index contributed by atoms with van der Waals surface area (Å²) in [7, 11) is 0. The lowest BCUT2D eigenvalue weighted by Gasteiger charge is -2.05. The van der Waals surface area contributed by atoms with Crippen molar-refractivity contribution in [1.82, 2.24) is 9.78 Å². The highest BCUT2D eigenvalue weighted by molar-refractivity contribution is 7.12. The third kappa shape index (κ3) is 5.28. The van der Waals surface area contributed by atoms with Crippen LogP contribution in [0.1, 0.15) is 26.4 Å². The molecule has 2 heterocycles. The molecule has 30 heavy (non-hydrogen) atoms. The molecule has 0 aliphatic rings. The van der Waals surface area contributed by atoms with Crippen molar-refractivity contribution in [1.29, 1.82) is 0 Å². The first kappa shape index (κ1) is 20.2. The third-order valence-corrected chi connectivity index (χ3v) is 5.61.